The molecule has 0 saturated heterocycles. The highest BCUT2D eigenvalue weighted by Crippen LogP contribution is 2.34. The summed E-state index contributed by atoms with van der Waals surface area (Å²) in [5, 5.41) is 7.04. The average molecular weight is 460 g/mol. The summed E-state index contributed by atoms with van der Waals surface area (Å²) in [7, 11) is 3.06. The van der Waals surface area contributed by atoms with Crippen LogP contribution < -0.4 is 9.47 Å². The van der Waals surface area contributed by atoms with Crippen molar-refractivity contribution in [3.8, 4) is 28.6 Å². The second-order valence-electron chi connectivity index (χ2n) is 7.22. The zero-order valence-electron chi connectivity index (χ0n) is 17.8. The van der Waals surface area contributed by atoms with E-state index in [0.717, 1.165) is 10.9 Å². The molecule has 8 heteroatoms. The Hall–Kier alpha value is -4.04. The van der Waals surface area contributed by atoms with Crippen LogP contribution in [0.15, 0.2) is 72.4 Å². The molecule has 6 nitrogen and oxygen atoms in total. The molecule has 3 heterocycles. The lowest BCUT2D eigenvalue weighted by Crippen LogP contribution is -2.02. The van der Waals surface area contributed by atoms with Gasteiger partial charge in [-0.15, -0.1) is 11.3 Å². The molecule has 33 heavy (non-hydrogen) atoms. The molecule has 0 aliphatic carbocycles. The monoisotopic (exact) mass is 459 g/mol. The van der Waals surface area contributed by atoms with Crippen LogP contribution in [0, 0.1) is 5.82 Å². The zero-order chi connectivity index (χ0) is 22.9. The third-order valence-electron chi connectivity index (χ3n) is 5.29. The maximum absolute atomic E-state index is 14.1. The second-order valence-corrected chi connectivity index (χ2v) is 8.10. The Balaban J connectivity index is 1.47. The molecule has 0 saturated carbocycles. The number of benzene rings is 2. The number of nitrogens with zero attached hydrogens (tertiary/aromatic N) is 3. The predicted octanol–water partition coefficient (Wildman–Crippen LogP) is 5.54. The van der Waals surface area contributed by atoms with E-state index < -0.39 is 0 Å². The van der Waals surface area contributed by atoms with Crippen molar-refractivity contribution in [3.63, 3.8) is 0 Å². The summed E-state index contributed by atoms with van der Waals surface area (Å²) in [5.74, 6) is 1.13. The Morgan fingerprint density at radius 2 is 1.82 bits per heavy atom. The van der Waals surface area contributed by atoms with Gasteiger partial charge in [0.15, 0.2) is 23.1 Å². The van der Waals surface area contributed by atoms with Crippen LogP contribution in [0.4, 0.5) is 4.39 Å². The molecule has 0 spiro atoms. The van der Waals surface area contributed by atoms with Crippen LogP contribution in [0.5, 0.6) is 11.5 Å². The first-order valence-corrected chi connectivity index (χ1v) is 10.9. The van der Waals surface area contributed by atoms with Gasteiger partial charge in [0.25, 0.3) is 0 Å². The van der Waals surface area contributed by atoms with Crippen molar-refractivity contribution >= 4 is 27.2 Å². The molecule has 0 unspecified atom stereocenters. The molecule has 0 aliphatic heterocycles. The van der Waals surface area contributed by atoms with Crippen LogP contribution in [0.2, 0.25) is 0 Å². The van der Waals surface area contributed by atoms with Crippen LogP contribution >= 0.6 is 11.3 Å². The summed E-state index contributed by atoms with van der Waals surface area (Å²) in [5.41, 5.74) is 2.43. The van der Waals surface area contributed by atoms with Gasteiger partial charge < -0.3 is 9.47 Å². The van der Waals surface area contributed by atoms with E-state index in [1.807, 2.05) is 23.6 Å². The number of thiophene rings is 1. The van der Waals surface area contributed by atoms with Crippen LogP contribution in [-0.2, 0) is 0 Å². The number of halogens is 1. The Morgan fingerprint density at radius 3 is 2.64 bits per heavy atom. The third-order valence-corrected chi connectivity index (χ3v) is 6.29. The molecule has 0 aliphatic rings. The largest absolute Gasteiger partial charge is 0.493 e. The van der Waals surface area contributed by atoms with Gasteiger partial charge in [0.05, 0.1) is 36.4 Å². The van der Waals surface area contributed by atoms with Gasteiger partial charge in [-0.2, -0.15) is 5.10 Å². The van der Waals surface area contributed by atoms with Crippen molar-refractivity contribution in [3.05, 3.63) is 89.3 Å². The summed E-state index contributed by atoms with van der Waals surface area (Å²) in [6, 6.07) is 15.6. The molecule has 0 radical (unpaired) electrons. The minimum absolute atomic E-state index is 0.197. The van der Waals surface area contributed by atoms with Crippen LogP contribution in [-0.4, -0.2) is 34.8 Å². The zero-order valence-corrected chi connectivity index (χ0v) is 18.6. The van der Waals surface area contributed by atoms with Gasteiger partial charge in [-0.05, 0) is 36.4 Å². The number of carbonyl (C=O) groups excluding carboxylic acids is 1. The van der Waals surface area contributed by atoms with Crippen molar-refractivity contribution in [2.75, 3.05) is 14.2 Å². The summed E-state index contributed by atoms with van der Waals surface area (Å²) < 4.78 is 26.8. The van der Waals surface area contributed by atoms with Gasteiger partial charge >= 0.3 is 0 Å². The molecule has 3 aromatic heterocycles. The van der Waals surface area contributed by atoms with Crippen molar-refractivity contribution in [2.45, 2.75) is 0 Å². The summed E-state index contributed by atoms with van der Waals surface area (Å²) in [6.07, 6.45) is 3.14. The number of rotatable bonds is 6. The number of ether oxygens (including phenoxy) is 2. The van der Waals surface area contributed by atoms with E-state index in [0.29, 0.717) is 38.8 Å². The highest BCUT2D eigenvalue weighted by molar-refractivity contribution is 7.17. The molecular formula is C25H18FN3O3S. The molecule has 0 amide bonds. The third kappa shape index (κ3) is 3.74. The van der Waals surface area contributed by atoms with Gasteiger partial charge in [-0.3, -0.25) is 4.79 Å². The topological polar surface area (TPSA) is 66.2 Å². The molecule has 0 fully saturated rings. The molecule has 2 aromatic carbocycles. The standard InChI is InChI=1S/C25H18FN3O3S/c1-31-21-10-9-15(11-22(21)32-2)24(30)16-12-27-29(13-16)23-8-4-7-20(28-23)18-14-33-25-17(18)5-3-6-19(25)26/h3-14H,1-2H3. The lowest BCUT2D eigenvalue weighted by Gasteiger charge is -2.08. The molecular weight excluding hydrogens is 441 g/mol. The van der Waals surface area contributed by atoms with Gasteiger partial charge in [-0.1, -0.05) is 18.2 Å². The summed E-state index contributed by atoms with van der Waals surface area (Å²) in [6.45, 7) is 0. The maximum atomic E-state index is 14.1. The molecule has 164 valence electrons. The number of aromatic nitrogens is 3. The highest BCUT2D eigenvalue weighted by atomic mass is 32.1. The second kappa shape index (κ2) is 8.48. The minimum Gasteiger partial charge on any atom is -0.493 e. The normalized spacial score (nSPS) is 11.0. The fourth-order valence-corrected chi connectivity index (χ4v) is 4.60. The fourth-order valence-electron chi connectivity index (χ4n) is 3.63. The predicted molar refractivity (Wildman–Crippen MR) is 125 cm³/mol. The first kappa shape index (κ1) is 20.8. The van der Waals surface area contributed by atoms with Crippen molar-refractivity contribution < 1.29 is 18.7 Å². The Bertz CT molecular complexity index is 1490. The minimum atomic E-state index is -0.245. The average Bonchev–Trinajstić information content (AvgIpc) is 3.52. The van der Waals surface area contributed by atoms with Gasteiger partial charge in [0.1, 0.15) is 5.82 Å². The number of ketones is 1. The molecule has 0 atom stereocenters. The van der Waals surface area contributed by atoms with Crippen LogP contribution in [0.25, 0.3) is 27.2 Å². The van der Waals surface area contributed by atoms with E-state index in [9.17, 15) is 9.18 Å². The van der Waals surface area contributed by atoms with E-state index in [1.54, 1.807) is 48.3 Å². The van der Waals surface area contributed by atoms with E-state index in [1.165, 1.54) is 30.7 Å². The van der Waals surface area contributed by atoms with Crippen molar-refractivity contribution in [1.29, 1.82) is 0 Å². The summed E-state index contributed by atoms with van der Waals surface area (Å²) in [4.78, 5) is 17.7. The Morgan fingerprint density at radius 1 is 1.00 bits per heavy atom. The van der Waals surface area contributed by atoms with Crippen LogP contribution in [0.1, 0.15) is 15.9 Å². The molecule has 5 aromatic rings. The van der Waals surface area contributed by atoms with Gasteiger partial charge in [0.2, 0.25) is 0 Å². The van der Waals surface area contributed by atoms with Gasteiger partial charge in [-0.25, -0.2) is 14.1 Å². The van der Waals surface area contributed by atoms with E-state index >= 15 is 0 Å². The van der Waals surface area contributed by atoms with E-state index in [-0.39, 0.29) is 11.6 Å². The first-order valence-electron chi connectivity index (χ1n) is 10.0. The Labute approximate surface area is 192 Å². The fraction of sp³-hybridized carbons (Fsp3) is 0.0800. The summed E-state index contributed by atoms with van der Waals surface area (Å²) >= 11 is 1.35. The number of hydrogen-bond donors (Lipinski definition) is 0. The highest BCUT2D eigenvalue weighted by Gasteiger charge is 2.16. The lowest BCUT2D eigenvalue weighted by molar-refractivity contribution is 0.103. The first-order chi connectivity index (χ1) is 16.1. The van der Waals surface area contributed by atoms with E-state index in [4.69, 9.17) is 14.5 Å². The molecule has 0 bridgehead atoms. The smallest absolute Gasteiger partial charge is 0.196 e. The van der Waals surface area contributed by atoms with Crippen molar-refractivity contribution in [1.82, 2.24) is 14.8 Å². The number of hydrogen-bond acceptors (Lipinski definition) is 6. The number of methoxy groups -OCH3 is 2. The number of fused-ring (bicyclic) bond motifs is 1. The SMILES string of the molecule is COc1ccc(C(=O)c2cnn(-c3cccc(-c4csc5c(F)cccc45)n3)c2)cc1OC. The Kier molecular flexibility index (Phi) is 5.35. The number of pyridine rings is 1. The van der Waals surface area contributed by atoms with Crippen LogP contribution in [0.3, 0.4) is 0 Å². The lowest BCUT2D eigenvalue weighted by atomic mass is 10.1. The molecule has 0 N–H and O–H groups in total. The van der Waals surface area contributed by atoms with Gasteiger partial charge in [0, 0.05) is 28.1 Å². The van der Waals surface area contributed by atoms with E-state index in [2.05, 4.69) is 5.10 Å². The quantitative estimate of drug-likeness (QED) is 0.312. The van der Waals surface area contributed by atoms with Crippen molar-refractivity contribution in [2.24, 2.45) is 0 Å². The number of carbonyl (C=O) groups is 1. The molecule has 5 rings (SSSR count). The maximum Gasteiger partial charge on any atom is 0.196 e.